The van der Waals surface area contributed by atoms with Crippen LogP contribution in [0.5, 0.6) is 11.5 Å². The average molecular weight is 392 g/mol. The van der Waals surface area contributed by atoms with Gasteiger partial charge in [-0.1, -0.05) is 30.0 Å². The predicted octanol–water partition coefficient (Wildman–Crippen LogP) is 2.09. The first-order valence-electron chi connectivity index (χ1n) is 8.10. The Kier molecular flexibility index (Phi) is 4.68. The molecule has 2 aliphatic rings. The number of benzene rings is 1. The molecule has 26 heavy (non-hydrogen) atoms. The Morgan fingerprint density at radius 2 is 2.12 bits per heavy atom. The number of anilines is 1. The highest BCUT2D eigenvalue weighted by atomic mass is 32.2. The third-order valence-corrected chi connectivity index (χ3v) is 5.92. The first-order valence-corrected chi connectivity index (χ1v) is 9.90. The van der Waals surface area contributed by atoms with Crippen molar-refractivity contribution >= 4 is 40.0 Å². The van der Waals surface area contributed by atoms with Gasteiger partial charge < -0.3 is 19.7 Å². The van der Waals surface area contributed by atoms with Gasteiger partial charge in [0.15, 0.2) is 15.8 Å². The Morgan fingerprint density at radius 1 is 1.31 bits per heavy atom. The molecule has 0 spiro atoms. The summed E-state index contributed by atoms with van der Waals surface area (Å²) in [6.45, 7) is 2.97. The van der Waals surface area contributed by atoms with Gasteiger partial charge >= 0.3 is 0 Å². The van der Waals surface area contributed by atoms with Crippen LogP contribution in [0.15, 0.2) is 22.5 Å². The molecule has 2 aliphatic heterocycles. The fraction of sp³-hybridized carbons (Fsp3) is 0.375. The molecule has 0 bridgehead atoms. The summed E-state index contributed by atoms with van der Waals surface area (Å²) in [4.78, 5) is 26.4. The summed E-state index contributed by atoms with van der Waals surface area (Å²) in [5, 5.41) is 11.2. The number of ether oxygens (including phenoxy) is 2. The summed E-state index contributed by atoms with van der Waals surface area (Å²) in [5.41, 5.74) is 0.526. The lowest BCUT2D eigenvalue weighted by molar-refractivity contribution is -0.123. The van der Waals surface area contributed by atoms with E-state index in [4.69, 9.17) is 9.47 Å². The molecule has 136 valence electrons. The Labute approximate surface area is 157 Å². The number of carbonyl (C=O) groups is 2. The van der Waals surface area contributed by atoms with Gasteiger partial charge in [-0.2, -0.15) is 0 Å². The van der Waals surface area contributed by atoms with Crippen LogP contribution in [0.4, 0.5) is 5.13 Å². The fourth-order valence-corrected chi connectivity index (χ4v) is 4.32. The predicted molar refractivity (Wildman–Crippen MR) is 96.9 cm³/mol. The van der Waals surface area contributed by atoms with E-state index >= 15 is 0 Å². The maximum absolute atomic E-state index is 12.5. The third-order valence-electron chi connectivity index (χ3n) is 4.06. The highest BCUT2D eigenvalue weighted by molar-refractivity contribution is 8.01. The van der Waals surface area contributed by atoms with Crippen LogP contribution in [0.3, 0.4) is 0 Å². The van der Waals surface area contributed by atoms with Gasteiger partial charge in [0.25, 0.3) is 5.91 Å². The summed E-state index contributed by atoms with van der Waals surface area (Å²) >= 11 is 2.94. The van der Waals surface area contributed by atoms with E-state index < -0.39 is 0 Å². The standard InChI is InChI=1S/C16H16N4O4S2/c1-2-25-16-19-18-15(26-16)17-13(21)10-6-20(7-10)14(22)9-3-4-11-12(5-9)24-8-23-11/h3-5,10H,2,6-8H2,1H3,(H,17,18,21). The molecule has 8 nitrogen and oxygen atoms in total. The van der Waals surface area contributed by atoms with Gasteiger partial charge in [0.05, 0.1) is 5.92 Å². The Hall–Kier alpha value is -2.33. The SMILES string of the molecule is CCSc1nnc(NC(=O)C2CN(C(=O)c3ccc4c(c3)OCO4)C2)s1. The summed E-state index contributed by atoms with van der Waals surface area (Å²) in [5.74, 6) is 1.62. The number of hydrogen-bond acceptors (Lipinski definition) is 8. The molecule has 4 rings (SSSR count). The summed E-state index contributed by atoms with van der Waals surface area (Å²) in [6, 6.07) is 5.10. The van der Waals surface area contributed by atoms with Crippen LogP contribution < -0.4 is 14.8 Å². The summed E-state index contributed by atoms with van der Waals surface area (Å²) < 4.78 is 11.4. The molecular weight excluding hydrogens is 376 g/mol. The molecule has 3 heterocycles. The topological polar surface area (TPSA) is 93.7 Å². The van der Waals surface area contributed by atoms with E-state index in [1.165, 1.54) is 11.3 Å². The molecule has 1 aromatic carbocycles. The van der Waals surface area contributed by atoms with Crippen LogP contribution >= 0.6 is 23.1 Å². The highest BCUT2D eigenvalue weighted by Crippen LogP contribution is 2.33. The van der Waals surface area contributed by atoms with Gasteiger partial charge in [0.2, 0.25) is 17.8 Å². The van der Waals surface area contributed by atoms with Gasteiger partial charge in [-0.3, -0.25) is 9.59 Å². The number of aromatic nitrogens is 2. The molecule has 2 aromatic rings. The second-order valence-electron chi connectivity index (χ2n) is 5.77. The summed E-state index contributed by atoms with van der Waals surface area (Å²) in [6.07, 6.45) is 0. The van der Waals surface area contributed by atoms with Crippen molar-refractivity contribution in [1.29, 1.82) is 0 Å². The second kappa shape index (κ2) is 7.12. The molecule has 1 N–H and O–H groups in total. The maximum atomic E-state index is 12.5. The molecular formula is C16H16N4O4S2. The van der Waals surface area contributed by atoms with Gasteiger partial charge in [-0.15, -0.1) is 10.2 Å². The molecule has 1 aromatic heterocycles. The molecule has 10 heteroatoms. The second-order valence-corrected chi connectivity index (χ2v) is 8.26. The number of amides is 2. The molecule has 0 saturated carbocycles. The minimum atomic E-state index is -0.237. The van der Waals surface area contributed by atoms with Crippen molar-refractivity contribution in [3.05, 3.63) is 23.8 Å². The zero-order chi connectivity index (χ0) is 18.1. The lowest BCUT2D eigenvalue weighted by atomic mass is 9.98. The Bertz CT molecular complexity index is 851. The number of likely N-dealkylation sites (tertiary alicyclic amines) is 1. The van der Waals surface area contributed by atoms with Crippen LogP contribution in [0.25, 0.3) is 0 Å². The van der Waals surface area contributed by atoms with E-state index in [1.807, 2.05) is 6.92 Å². The third kappa shape index (κ3) is 3.34. The van der Waals surface area contributed by atoms with Gasteiger partial charge in [-0.25, -0.2) is 0 Å². The number of fused-ring (bicyclic) bond motifs is 1. The molecule has 1 fully saturated rings. The molecule has 1 saturated heterocycles. The normalized spacial score (nSPS) is 15.7. The van der Waals surface area contributed by atoms with Crippen LogP contribution in [0, 0.1) is 5.92 Å². The Balaban J connectivity index is 1.31. The first kappa shape index (κ1) is 17.1. The lowest BCUT2D eigenvalue weighted by Crippen LogP contribution is -2.54. The van der Waals surface area contributed by atoms with E-state index in [1.54, 1.807) is 34.9 Å². The summed E-state index contributed by atoms with van der Waals surface area (Å²) in [7, 11) is 0. The fourth-order valence-electron chi connectivity index (χ4n) is 2.67. The van der Waals surface area contributed by atoms with Crippen molar-refractivity contribution in [2.45, 2.75) is 11.3 Å². The van der Waals surface area contributed by atoms with E-state index in [-0.39, 0.29) is 24.5 Å². The quantitative estimate of drug-likeness (QED) is 0.615. The molecule has 0 radical (unpaired) electrons. The van der Waals surface area contributed by atoms with E-state index in [0.717, 1.165) is 10.1 Å². The first-order chi connectivity index (χ1) is 12.6. The number of nitrogens with zero attached hydrogens (tertiary/aromatic N) is 3. The highest BCUT2D eigenvalue weighted by Gasteiger charge is 2.36. The number of nitrogens with one attached hydrogen (secondary N) is 1. The maximum Gasteiger partial charge on any atom is 0.254 e. The Morgan fingerprint density at radius 3 is 2.92 bits per heavy atom. The van der Waals surface area contributed by atoms with Gasteiger partial charge in [0.1, 0.15) is 0 Å². The van der Waals surface area contributed by atoms with Gasteiger partial charge in [0, 0.05) is 18.7 Å². The zero-order valence-corrected chi connectivity index (χ0v) is 15.6. The lowest BCUT2D eigenvalue weighted by Gasteiger charge is -2.38. The molecule has 2 amide bonds. The number of thioether (sulfide) groups is 1. The largest absolute Gasteiger partial charge is 0.454 e. The van der Waals surface area contributed by atoms with Crippen molar-refractivity contribution < 1.29 is 19.1 Å². The molecule has 0 unspecified atom stereocenters. The smallest absolute Gasteiger partial charge is 0.254 e. The van der Waals surface area contributed by atoms with E-state index in [9.17, 15) is 9.59 Å². The van der Waals surface area contributed by atoms with Crippen LogP contribution in [-0.4, -0.2) is 52.5 Å². The minimum Gasteiger partial charge on any atom is -0.454 e. The monoisotopic (exact) mass is 392 g/mol. The van der Waals surface area contributed by atoms with Crippen molar-refractivity contribution in [2.24, 2.45) is 5.92 Å². The number of hydrogen-bond donors (Lipinski definition) is 1. The zero-order valence-electron chi connectivity index (χ0n) is 13.9. The molecule has 0 atom stereocenters. The van der Waals surface area contributed by atoms with Crippen LogP contribution in [0.1, 0.15) is 17.3 Å². The number of carbonyl (C=O) groups excluding carboxylic acids is 2. The van der Waals surface area contributed by atoms with Gasteiger partial charge in [-0.05, 0) is 24.0 Å². The van der Waals surface area contributed by atoms with Crippen LogP contribution in [0.2, 0.25) is 0 Å². The minimum absolute atomic E-state index is 0.120. The van der Waals surface area contributed by atoms with Crippen LogP contribution in [-0.2, 0) is 4.79 Å². The average Bonchev–Trinajstić information content (AvgIpc) is 3.22. The van der Waals surface area contributed by atoms with E-state index in [2.05, 4.69) is 15.5 Å². The van der Waals surface area contributed by atoms with Crippen molar-refractivity contribution in [3.63, 3.8) is 0 Å². The van der Waals surface area contributed by atoms with Crippen molar-refractivity contribution in [1.82, 2.24) is 15.1 Å². The van der Waals surface area contributed by atoms with E-state index in [0.29, 0.717) is 35.3 Å². The number of rotatable bonds is 5. The molecule has 0 aliphatic carbocycles. The van der Waals surface area contributed by atoms with Crippen molar-refractivity contribution in [3.8, 4) is 11.5 Å². The van der Waals surface area contributed by atoms with Crippen molar-refractivity contribution in [2.75, 3.05) is 31.0 Å².